The zero-order valence-electron chi connectivity index (χ0n) is 16.9. The first-order valence-electron chi connectivity index (χ1n) is 10.3. The van der Waals surface area contributed by atoms with Gasteiger partial charge < -0.3 is 14.7 Å². The summed E-state index contributed by atoms with van der Waals surface area (Å²) in [6.45, 7) is 2.27. The molecule has 160 valence electrons. The summed E-state index contributed by atoms with van der Waals surface area (Å²) in [4.78, 5) is 33.3. The summed E-state index contributed by atoms with van der Waals surface area (Å²) in [7, 11) is 0. The van der Waals surface area contributed by atoms with E-state index in [4.69, 9.17) is 16.1 Å². The molecule has 2 aliphatic rings. The van der Waals surface area contributed by atoms with Crippen molar-refractivity contribution in [3.05, 3.63) is 46.1 Å². The lowest BCUT2D eigenvalue weighted by atomic mass is 9.85. The number of halogens is 1. The molecular formula is C22H21ClN4O3S. The van der Waals surface area contributed by atoms with Gasteiger partial charge in [-0.15, -0.1) is 11.3 Å². The second-order valence-electron chi connectivity index (χ2n) is 8.04. The second kappa shape index (κ2) is 8.09. The lowest BCUT2D eigenvalue weighted by molar-refractivity contribution is -0.122. The zero-order chi connectivity index (χ0) is 21.5. The molecule has 1 unspecified atom stereocenters. The van der Waals surface area contributed by atoms with Gasteiger partial charge in [0.15, 0.2) is 0 Å². The molecule has 1 N–H and O–H groups in total. The van der Waals surface area contributed by atoms with Gasteiger partial charge in [0.25, 0.3) is 0 Å². The van der Waals surface area contributed by atoms with Crippen LogP contribution in [-0.2, 0) is 9.59 Å². The highest BCUT2D eigenvalue weighted by Crippen LogP contribution is 2.38. The number of thiophene rings is 1. The first-order chi connectivity index (χ1) is 15.0. The van der Waals surface area contributed by atoms with Crippen molar-refractivity contribution in [1.82, 2.24) is 10.1 Å². The fourth-order valence-electron chi connectivity index (χ4n) is 3.88. The van der Waals surface area contributed by atoms with E-state index >= 15 is 0 Å². The molecule has 5 rings (SSSR count). The summed E-state index contributed by atoms with van der Waals surface area (Å²) in [5.41, 5.74) is 1.43. The van der Waals surface area contributed by atoms with E-state index in [0.29, 0.717) is 40.6 Å². The number of nitrogens with one attached hydrogen (secondary N) is 1. The van der Waals surface area contributed by atoms with Gasteiger partial charge in [-0.2, -0.15) is 4.98 Å². The Kier molecular flexibility index (Phi) is 5.27. The van der Waals surface area contributed by atoms with Crippen molar-refractivity contribution in [2.75, 3.05) is 16.8 Å². The summed E-state index contributed by atoms with van der Waals surface area (Å²) in [5.74, 6) is 0.949. The van der Waals surface area contributed by atoms with Gasteiger partial charge in [-0.05, 0) is 44.0 Å². The molecule has 9 heteroatoms. The van der Waals surface area contributed by atoms with Crippen LogP contribution in [-0.4, -0.2) is 28.5 Å². The van der Waals surface area contributed by atoms with Crippen LogP contribution in [0.4, 0.5) is 11.4 Å². The van der Waals surface area contributed by atoms with Crippen molar-refractivity contribution in [3.63, 3.8) is 0 Å². The van der Waals surface area contributed by atoms with Crippen LogP contribution >= 0.6 is 22.9 Å². The van der Waals surface area contributed by atoms with Crippen molar-refractivity contribution in [2.24, 2.45) is 5.92 Å². The highest BCUT2D eigenvalue weighted by atomic mass is 35.5. The molecule has 3 heterocycles. The number of amides is 2. The van der Waals surface area contributed by atoms with Gasteiger partial charge in [0.1, 0.15) is 0 Å². The van der Waals surface area contributed by atoms with E-state index in [2.05, 4.69) is 15.5 Å². The monoisotopic (exact) mass is 456 g/mol. The smallest absolute Gasteiger partial charge is 0.230 e. The number of aryl methyl sites for hydroxylation is 1. The van der Waals surface area contributed by atoms with Crippen LogP contribution in [0.3, 0.4) is 0 Å². The molecular weight excluding hydrogens is 436 g/mol. The number of carbonyl (C=O) groups is 2. The molecule has 7 nitrogen and oxygen atoms in total. The van der Waals surface area contributed by atoms with E-state index in [0.717, 1.165) is 22.6 Å². The molecule has 1 saturated carbocycles. The van der Waals surface area contributed by atoms with E-state index in [9.17, 15) is 9.59 Å². The average Bonchev–Trinajstić information content (AvgIpc) is 3.40. The molecule has 1 atom stereocenters. The Bertz CT molecular complexity index is 1150. The largest absolute Gasteiger partial charge is 0.339 e. The normalized spacial score (nSPS) is 19.0. The summed E-state index contributed by atoms with van der Waals surface area (Å²) < 4.78 is 5.41. The van der Waals surface area contributed by atoms with Crippen LogP contribution in [0.25, 0.3) is 10.7 Å². The Morgan fingerprint density at radius 2 is 2.16 bits per heavy atom. The number of nitrogens with zero attached hydrogens (tertiary/aromatic N) is 3. The molecule has 1 aliphatic carbocycles. The minimum atomic E-state index is -0.426. The van der Waals surface area contributed by atoms with Gasteiger partial charge in [0.05, 0.1) is 16.5 Å². The summed E-state index contributed by atoms with van der Waals surface area (Å²) in [5, 5.41) is 7.65. The zero-order valence-corrected chi connectivity index (χ0v) is 18.5. The number of rotatable bonds is 5. The Balaban J connectivity index is 1.27. The number of aromatic nitrogens is 2. The van der Waals surface area contributed by atoms with Crippen molar-refractivity contribution < 1.29 is 14.1 Å². The van der Waals surface area contributed by atoms with Crippen molar-refractivity contribution in [1.29, 1.82) is 0 Å². The minimum Gasteiger partial charge on any atom is -0.339 e. The van der Waals surface area contributed by atoms with Crippen LogP contribution < -0.4 is 10.2 Å². The highest BCUT2D eigenvalue weighted by molar-refractivity contribution is 7.16. The maximum Gasteiger partial charge on any atom is 0.230 e. The third kappa shape index (κ3) is 3.97. The second-order valence-corrected chi connectivity index (χ2v) is 9.73. The van der Waals surface area contributed by atoms with E-state index in [1.165, 1.54) is 17.8 Å². The molecule has 2 amide bonds. The summed E-state index contributed by atoms with van der Waals surface area (Å²) >= 11 is 7.56. The fraction of sp³-hybridized carbons (Fsp3) is 0.364. The number of benzene rings is 1. The molecule has 2 aromatic heterocycles. The number of hydrogen-bond donors (Lipinski definition) is 1. The third-order valence-corrected chi connectivity index (χ3v) is 7.19. The predicted octanol–water partition coefficient (Wildman–Crippen LogP) is 5.02. The van der Waals surface area contributed by atoms with Gasteiger partial charge >= 0.3 is 0 Å². The Hall–Kier alpha value is -2.71. The van der Waals surface area contributed by atoms with Gasteiger partial charge in [-0.1, -0.05) is 29.2 Å². The summed E-state index contributed by atoms with van der Waals surface area (Å²) in [6.07, 6.45) is 3.57. The van der Waals surface area contributed by atoms with Gasteiger partial charge in [0, 0.05) is 34.5 Å². The summed E-state index contributed by atoms with van der Waals surface area (Å²) in [6, 6.07) is 8.98. The van der Waals surface area contributed by atoms with Crippen LogP contribution in [0, 0.1) is 12.8 Å². The fourth-order valence-corrected chi connectivity index (χ4v) is 4.97. The molecule has 31 heavy (non-hydrogen) atoms. The molecule has 1 aromatic carbocycles. The molecule has 0 radical (unpaired) electrons. The number of carbonyl (C=O) groups excluding carboxylic acids is 2. The van der Waals surface area contributed by atoms with Crippen LogP contribution in [0.5, 0.6) is 0 Å². The first-order valence-corrected chi connectivity index (χ1v) is 11.5. The number of anilines is 2. The standard InChI is InChI=1S/C22H21ClN4O3S/c1-12-17(10-18(31-12)20-25-22(30-26-20)13-4-2-5-13)24-21(29)14-8-19(28)27(11-14)16-7-3-6-15(23)9-16/h3,6-7,9-10,13-14H,2,4-5,8,11H2,1H3,(H,24,29). The Morgan fingerprint density at radius 3 is 2.90 bits per heavy atom. The Labute approximate surface area is 188 Å². The van der Waals surface area contributed by atoms with Crippen LogP contribution in [0.15, 0.2) is 34.9 Å². The lowest BCUT2D eigenvalue weighted by Gasteiger charge is -2.20. The SMILES string of the molecule is Cc1sc(-c2noc(C3CCC3)n2)cc1NC(=O)C1CC(=O)N(c2cccc(Cl)c2)C1. The topological polar surface area (TPSA) is 88.3 Å². The van der Waals surface area contributed by atoms with Crippen molar-refractivity contribution in [3.8, 4) is 10.7 Å². The third-order valence-electron chi connectivity index (χ3n) is 5.91. The predicted molar refractivity (Wildman–Crippen MR) is 119 cm³/mol. The van der Waals surface area contributed by atoms with Crippen molar-refractivity contribution >= 4 is 46.1 Å². The van der Waals surface area contributed by atoms with E-state index in [-0.39, 0.29) is 18.2 Å². The molecule has 0 spiro atoms. The molecule has 3 aromatic rings. The van der Waals surface area contributed by atoms with Gasteiger partial charge in [-0.3, -0.25) is 9.59 Å². The van der Waals surface area contributed by atoms with Crippen molar-refractivity contribution in [2.45, 2.75) is 38.5 Å². The molecule has 1 aliphatic heterocycles. The van der Waals surface area contributed by atoms with Crippen LogP contribution in [0.2, 0.25) is 5.02 Å². The molecule has 1 saturated heterocycles. The van der Waals surface area contributed by atoms with E-state index < -0.39 is 5.92 Å². The quantitative estimate of drug-likeness (QED) is 0.582. The number of hydrogen-bond acceptors (Lipinski definition) is 6. The lowest BCUT2D eigenvalue weighted by Crippen LogP contribution is -2.28. The van der Waals surface area contributed by atoms with Gasteiger partial charge in [-0.25, -0.2) is 0 Å². The van der Waals surface area contributed by atoms with Crippen LogP contribution in [0.1, 0.15) is 42.4 Å². The van der Waals surface area contributed by atoms with E-state index in [1.807, 2.05) is 19.1 Å². The molecule has 2 fully saturated rings. The maximum absolute atomic E-state index is 12.9. The molecule has 0 bridgehead atoms. The Morgan fingerprint density at radius 1 is 1.32 bits per heavy atom. The van der Waals surface area contributed by atoms with Gasteiger partial charge in [0.2, 0.25) is 23.5 Å². The first kappa shape index (κ1) is 20.2. The highest BCUT2D eigenvalue weighted by Gasteiger charge is 2.35. The maximum atomic E-state index is 12.9. The van der Waals surface area contributed by atoms with E-state index in [1.54, 1.807) is 23.1 Å². The average molecular weight is 457 g/mol. The minimum absolute atomic E-state index is 0.0829.